The predicted octanol–water partition coefficient (Wildman–Crippen LogP) is 2.83. The van der Waals surface area contributed by atoms with Gasteiger partial charge in [-0.2, -0.15) is 0 Å². The highest BCUT2D eigenvalue weighted by molar-refractivity contribution is 5.74. The minimum atomic E-state index is -0.788. The van der Waals surface area contributed by atoms with Gasteiger partial charge in [-0.3, -0.25) is 9.69 Å². The molecule has 2 fully saturated rings. The first-order valence-electron chi connectivity index (χ1n) is 9.91. The number of urea groups is 1. The van der Waals surface area contributed by atoms with Gasteiger partial charge in [0, 0.05) is 18.1 Å². The molecule has 3 N–H and O–H groups in total. The van der Waals surface area contributed by atoms with Crippen LogP contribution in [0.4, 0.5) is 4.79 Å². The van der Waals surface area contributed by atoms with Crippen molar-refractivity contribution in [2.24, 2.45) is 11.8 Å². The Morgan fingerprint density at radius 1 is 1.08 bits per heavy atom. The van der Waals surface area contributed by atoms with Gasteiger partial charge in [0.1, 0.15) is 0 Å². The average molecular weight is 354 g/mol. The summed E-state index contributed by atoms with van der Waals surface area (Å²) in [5, 5.41) is 15.1. The molecular formula is C19H35N3O3. The van der Waals surface area contributed by atoms with Crippen molar-refractivity contribution in [3.63, 3.8) is 0 Å². The van der Waals surface area contributed by atoms with E-state index in [4.69, 9.17) is 5.11 Å². The van der Waals surface area contributed by atoms with Gasteiger partial charge in [0.05, 0.1) is 6.54 Å². The van der Waals surface area contributed by atoms with Crippen molar-refractivity contribution in [1.82, 2.24) is 15.5 Å². The fraction of sp³-hybridized carbons (Fsp3) is 0.895. The Bertz CT molecular complexity index is 449. The van der Waals surface area contributed by atoms with Crippen LogP contribution in [0.25, 0.3) is 0 Å². The van der Waals surface area contributed by atoms with Gasteiger partial charge in [-0.25, -0.2) is 4.79 Å². The van der Waals surface area contributed by atoms with Crippen molar-refractivity contribution in [3.05, 3.63) is 0 Å². The Labute approximate surface area is 151 Å². The zero-order chi connectivity index (χ0) is 18.4. The minimum absolute atomic E-state index is 0.0577. The summed E-state index contributed by atoms with van der Waals surface area (Å²) in [5.41, 5.74) is 0. The second-order valence-electron chi connectivity index (χ2n) is 8.11. The number of amides is 2. The third-order valence-corrected chi connectivity index (χ3v) is 6.00. The molecule has 0 bridgehead atoms. The summed E-state index contributed by atoms with van der Waals surface area (Å²) >= 11 is 0. The van der Waals surface area contributed by atoms with Crippen LogP contribution in [-0.2, 0) is 4.79 Å². The van der Waals surface area contributed by atoms with E-state index in [0.29, 0.717) is 6.04 Å². The molecule has 0 aromatic heterocycles. The number of hydrogen-bond donors (Lipinski definition) is 3. The van der Waals surface area contributed by atoms with Gasteiger partial charge < -0.3 is 15.7 Å². The largest absolute Gasteiger partial charge is 0.480 e. The predicted molar refractivity (Wildman–Crippen MR) is 98.6 cm³/mol. The van der Waals surface area contributed by atoms with Gasteiger partial charge >= 0.3 is 12.0 Å². The third kappa shape index (κ3) is 6.17. The molecule has 2 amide bonds. The van der Waals surface area contributed by atoms with Gasteiger partial charge in [0.15, 0.2) is 0 Å². The molecule has 2 rings (SSSR count). The van der Waals surface area contributed by atoms with Crippen molar-refractivity contribution in [2.75, 3.05) is 13.1 Å². The van der Waals surface area contributed by atoms with E-state index < -0.39 is 5.97 Å². The molecule has 2 aliphatic carbocycles. The van der Waals surface area contributed by atoms with Crippen LogP contribution in [0, 0.1) is 11.8 Å². The molecule has 144 valence electrons. The molecule has 0 radical (unpaired) electrons. The van der Waals surface area contributed by atoms with Crippen LogP contribution in [0.5, 0.6) is 0 Å². The molecule has 0 aromatic rings. The highest BCUT2D eigenvalue weighted by Gasteiger charge is 2.35. The van der Waals surface area contributed by atoms with Crippen molar-refractivity contribution in [2.45, 2.75) is 83.8 Å². The second kappa shape index (κ2) is 9.41. The molecule has 2 unspecified atom stereocenters. The Hall–Kier alpha value is -1.30. The number of hydrogen-bond acceptors (Lipinski definition) is 3. The SMILES string of the molecule is CCN(CC(=O)O)C1CC(NC(=O)NC2CCCC(C(C)C)CC2)C1. The van der Waals surface area contributed by atoms with Crippen LogP contribution in [0.3, 0.4) is 0 Å². The van der Waals surface area contributed by atoms with Gasteiger partial charge in [-0.15, -0.1) is 0 Å². The first kappa shape index (κ1) is 20.0. The third-order valence-electron chi connectivity index (χ3n) is 6.00. The normalized spacial score (nSPS) is 29.8. The van der Waals surface area contributed by atoms with Crippen molar-refractivity contribution < 1.29 is 14.7 Å². The maximum absolute atomic E-state index is 12.2. The van der Waals surface area contributed by atoms with Crippen LogP contribution in [0.15, 0.2) is 0 Å². The molecule has 2 aliphatic rings. The van der Waals surface area contributed by atoms with E-state index in [9.17, 15) is 9.59 Å². The quantitative estimate of drug-likeness (QED) is 0.615. The van der Waals surface area contributed by atoms with E-state index in [1.165, 1.54) is 19.3 Å². The van der Waals surface area contributed by atoms with E-state index in [1.807, 2.05) is 11.8 Å². The molecule has 6 nitrogen and oxygen atoms in total. The summed E-state index contributed by atoms with van der Waals surface area (Å²) in [6.07, 6.45) is 7.51. The number of likely N-dealkylation sites (N-methyl/N-ethyl adjacent to an activating group) is 1. The van der Waals surface area contributed by atoms with Gasteiger partial charge in [0.25, 0.3) is 0 Å². The van der Waals surface area contributed by atoms with Crippen LogP contribution >= 0.6 is 0 Å². The van der Waals surface area contributed by atoms with Crippen LogP contribution < -0.4 is 10.6 Å². The van der Waals surface area contributed by atoms with E-state index in [-0.39, 0.29) is 24.7 Å². The molecular weight excluding hydrogens is 318 g/mol. The standard InChI is InChI=1S/C19H35N3O3/c1-4-22(12-18(23)24)17-10-16(11-17)21-19(25)20-15-7-5-6-14(8-9-15)13(2)3/h13-17H,4-12H2,1-3H3,(H,23,24)(H2,20,21,25). The summed E-state index contributed by atoms with van der Waals surface area (Å²) in [4.78, 5) is 25.1. The topological polar surface area (TPSA) is 81.7 Å². The van der Waals surface area contributed by atoms with Crippen LogP contribution in [0.1, 0.15) is 65.7 Å². The molecule has 6 heteroatoms. The highest BCUT2D eigenvalue weighted by atomic mass is 16.4. The number of carbonyl (C=O) groups is 2. The van der Waals surface area contributed by atoms with E-state index in [1.54, 1.807) is 0 Å². The molecule has 25 heavy (non-hydrogen) atoms. The number of carbonyl (C=O) groups excluding carboxylic acids is 1. The maximum atomic E-state index is 12.2. The molecule has 0 aromatic carbocycles. The van der Waals surface area contributed by atoms with E-state index in [0.717, 1.165) is 44.1 Å². The van der Waals surface area contributed by atoms with Crippen LogP contribution in [-0.4, -0.2) is 53.2 Å². The molecule has 0 heterocycles. The molecule has 2 atom stereocenters. The van der Waals surface area contributed by atoms with Crippen molar-refractivity contribution >= 4 is 12.0 Å². The van der Waals surface area contributed by atoms with Crippen LogP contribution in [0.2, 0.25) is 0 Å². The Morgan fingerprint density at radius 2 is 1.76 bits per heavy atom. The van der Waals surface area contributed by atoms with E-state index >= 15 is 0 Å². The van der Waals surface area contributed by atoms with E-state index in [2.05, 4.69) is 24.5 Å². The average Bonchev–Trinajstić information content (AvgIpc) is 2.74. The van der Waals surface area contributed by atoms with Gasteiger partial charge in [-0.05, 0) is 50.5 Å². The molecule has 0 aliphatic heterocycles. The molecule has 0 spiro atoms. The first-order valence-corrected chi connectivity index (χ1v) is 9.91. The number of aliphatic carboxylic acids is 1. The lowest BCUT2D eigenvalue weighted by atomic mass is 9.85. The summed E-state index contributed by atoms with van der Waals surface area (Å²) in [5.74, 6) is 0.729. The number of nitrogens with zero attached hydrogens (tertiary/aromatic N) is 1. The number of nitrogens with one attached hydrogen (secondary N) is 2. The maximum Gasteiger partial charge on any atom is 0.317 e. The van der Waals surface area contributed by atoms with Gasteiger partial charge in [-0.1, -0.05) is 33.6 Å². The Morgan fingerprint density at radius 3 is 2.36 bits per heavy atom. The molecule has 2 saturated carbocycles. The van der Waals surface area contributed by atoms with Gasteiger partial charge in [0.2, 0.25) is 0 Å². The molecule has 0 saturated heterocycles. The number of carboxylic acid groups (broad SMARTS) is 1. The lowest BCUT2D eigenvalue weighted by Crippen LogP contribution is -2.57. The smallest absolute Gasteiger partial charge is 0.317 e. The Balaban J connectivity index is 1.67. The Kier molecular flexibility index (Phi) is 7.54. The summed E-state index contributed by atoms with van der Waals surface area (Å²) in [6.45, 7) is 7.38. The number of rotatable bonds is 7. The summed E-state index contributed by atoms with van der Waals surface area (Å²) < 4.78 is 0. The first-order chi connectivity index (χ1) is 11.9. The monoisotopic (exact) mass is 353 g/mol. The summed E-state index contributed by atoms with van der Waals surface area (Å²) in [7, 11) is 0. The van der Waals surface area contributed by atoms with Crippen molar-refractivity contribution in [3.8, 4) is 0 Å². The summed E-state index contributed by atoms with van der Waals surface area (Å²) in [6, 6.07) is 0.676. The minimum Gasteiger partial charge on any atom is -0.480 e. The zero-order valence-electron chi connectivity index (χ0n) is 16.0. The fourth-order valence-electron chi connectivity index (χ4n) is 4.23. The second-order valence-corrected chi connectivity index (χ2v) is 8.11. The highest BCUT2D eigenvalue weighted by Crippen LogP contribution is 2.29. The number of carboxylic acids is 1. The van der Waals surface area contributed by atoms with Crippen molar-refractivity contribution in [1.29, 1.82) is 0 Å². The zero-order valence-corrected chi connectivity index (χ0v) is 16.0. The lowest BCUT2D eigenvalue weighted by Gasteiger charge is -2.42. The fourth-order valence-corrected chi connectivity index (χ4v) is 4.23. The lowest BCUT2D eigenvalue weighted by molar-refractivity contribution is -0.139.